The molecule has 0 spiro atoms. The first kappa shape index (κ1) is 16.7. The van der Waals surface area contributed by atoms with Gasteiger partial charge in [0.1, 0.15) is 5.76 Å². The molecule has 0 radical (unpaired) electrons. The number of furan rings is 1. The summed E-state index contributed by atoms with van der Waals surface area (Å²) in [5.74, 6) is 1.07. The van der Waals surface area contributed by atoms with Crippen LogP contribution in [0.25, 0.3) is 0 Å². The number of carbonyl (C=O) groups is 2. The van der Waals surface area contributed by atoms with E-state index in [1.54, 1.807) is 41.8 Å². The van der Waals surface area contributed by atoms with Crippen molar-refractivity contribution in [1.29, 1.82) is 0 Å². The van der Waals surface area contributed by atoms with Crippen molar-refractivity contribution in [2.24, 2.45) is 0 Å². The highest BCUT2D eigenvalue weighted by molar-refractivity contribution is 5.84. The lowest BCUT2D eigenvalue weighted by atomic mass is 10.3. The van der Waals surface area contributed by atoms with E-state index in [9.17, 15) is 9.59 Å². The minimum atomic E-state index is -0.263. The third kappa shape index (κ3) is 4.69. The van der Waals surface area contributed by atoms with Crippen molar-refractivity contribution in [3.8, 4) is 0 Å². The molecule has 0 aliphatic carbocycles. The summed E-state index contributed by atoms with van der Waals surface area (Å²) >= 11 is 0. The number of anilines is 1. The summed E-state index contributed by atoms with van der Waals surface area (Å²) in [7, 11) is 0. The lowest BCUT2D eigenvalue weighted by Crippen LogP contribution is -2.53. The van der Waals surface area contributed by atoms with Crippen molar-refractivity contribution in [3.05, 3.63) is 42.6 Å². The predicted octanol–water partition coefficient (Wildman–Crippen LogP) is 0.218. The second kappa shape index (κ2) is 8.13. The zero-order valence-electron chi connectivity index (χ0n) is 13.7. The molecule has 2 aromatic rings. The van der Waals surface area contributed by atoms with E-state index in [2.05, 4.69) is 20.6 Å². The first-order chi connectivity index (χ1) is 12.2. The molecule has 9 nitrogen and oxygen atoms in total. The van der Waals surface area contributed by atoms with Gasteiger partial charge < -0.3 is 24.9 Å². The van der Waals surface area contributed by atoms with Gasteiger partial charge in [-0.05, 0) is 18.2 Å². The zero-order chi connectivity index (χ0) is 17.5. The number of aromatic nitrogens is 2. The molecule has 1 aliphatic rings. The minimum Gasteiger partial charge on any atom is -0.467 e. The Balaban J connectivity index is 1.37. The largest absolute Gasteiger partial charge is 0.467 e. The molecule has 0 atom stereocenters. The quantitative estimate of drug-likeness (QED) is 0.804. The maximum atomic E-state index is 12.1. The fourth-order valence-corrected chi connectivity index (χ4v) is 2.49. The molecule has 0 bridgehead atoms. The molecule has 0 aromatic carbocycles. The van der Waals surface area contributed by atoms with E-state index >= 15 is 0 Å². The van der Waals surface area contributed by atoms with Gasteiger partial charge in [-0.3, -0.25) is 4.79 Å². The van der Waals surface area contributed by atoms with Crippen LogP contribution in [0.3, 0.4) is 0 Å². The van der Waals surface area contributed by atoms with E-state index < -0.39 is 0 Å². The average Bonchev–Trinajstić information content (AvgIpc) is 3.19. The number of nitrogens with one attached hydrogen (secondary N) is 2. The molecule has 1 fully saturated rings. The number of piperazine rings is 1. The molecule has 3 rings (SSSR count). The lowest BCUT2D eigenvalue weighted by Gasteiger charge is -2.34. The molecule has 0 saturated carbocycles. The molecule has 2 aromatic heterocycles. The van der Waals surface area contributed by atoms with Gasteiger partial charge in [-0.15, -0.1) is 0 Å². The fourth-order valence-electron chi connectivity index (χ4n) is 2.49. The first-order valence-corrected chi connectivity index (χ1v) is 8.06. The highest BCUT2D eigenvalue weighted by atomic mass is 16.3. The highest BCUT2D eigenvalue weighted by Gasteiger charge is 2.22. The SMILES string of the molecule is O=C(CNC(=O)N1CCN(c2ncccn2)CC1)NCc1ccco1. The second-order valence-corrected chi connectivity index (χ2v) is 5.54. The van der Waals surface area contributed by atoms with Gasteiger partial charge in [-0.1, -0.05) is 0 Å². The lowest BCUT2D eigenvalue weighted by molar-refractivity contribution is -0.120. The van der Waals surface area contributed by atoms with E-state index in [-0.39, 0.29) is 18.5 Å². The fraction of sp³-hybridized carbons (Fsp3) is 0.375. The van der Waals surface area contributed by atoms with Crippen LogP contribution in [-0.4, -0.2) is 59.5 Å². The van der Waals surface area contributed by atoms with Gasteiger partial charge in [0.25, 0.3) is 0 Å². The first-order valence-electron chi connectivity index (χ1n) is 8.06. The Morgan fingerprint density at radius 1 is 1.08 bits per heavy atom. The number of carbonyl (C=O) groups excluding carboxylic acids is 2. The Kier molecular flexibility index (Phi) is 5.45. The number of hydrogen-bond donors (Lipinski definition) is 2. The average molecular weight is 344 g/mol. The van der Waals surface area contributed by atoms with Crippen molar-refractivity contribution in [2.45, 2.75) is 6.54 Å². The topological polar surface area (TPSA) is 104 Å². The van der Waals surface area contributed by atoms with Crippen molar-refractivity contribution in [3.63, 3.8) is 0 Å². The monoisotopic (exact) mass is 344 g/mol. The number of nitrogens with zero attached hydrogens (tertiary/aromatic N) is 4. The smallest absolute Gasteiger partial charge is 0.317 e. The normalized spacial score (nSPS) is 14.2. The Hall–Kier alpha value is -3.10. The molecular weight excluding hydrogens is 324 g/mol. The van der Waals surface area contributed by atoms with Crippen LogP contribution in [0, 0.1) is 0 Å². The van der Waals surface area contributed by atoms with Crippen LogP contribution in [0.15, 0.2) is 41.3 Å². The van der Waals surface area contributed by atoms with Crippen LogP contribution in [0.1, 0.15) is 5.76 Å². The van der Waals surface area contributed by atoms with Gasteiger partial charge in [0.05, 0.1) is 19.4 Å². The number of hydrogen-bond acceptors (Lipinski definition) is 6. The van der Waals surface area contributed by atoms with Crippen molar-refractivity contribution in [1.82, 2.24) is 25.5 Å². The Morgan fingerprint density at radius 2 is 1.84 bits per heavy atom. The zero-order valence-corrected chi connectivity index (χ0v) is 13.7. The summed E-state index contributed by atoms with van der Waals surface area (Å²) in [6, 6.07) is 5.05. The summed E-state index contributed by atoms with van der Waals surface area (Å²) in [5, 5.41) is 5.31. The molecule has 9 heteroatoms. The van der Waals surface area contributed by atoms with Gasteiger partial charge in [0.15, 0.2) is 0 Å². The molecule has 1 aliphatic heterocycles. The number of rotatable bonds is 5. The summed E-state index contributed by atoms with van der Waals surface area (Å²) in [4.78, 5) is 36.0. The van der Waals surface area contributed by atoms with Crippen LogP contribution >= 0.6 is 0 Å². The van der Waals surface area contributed by atoms with Gasteiger partial charge in [0.2, 0.25) is 11.9 Å². The van der Waals surface area contributed by atoms with Crippen LogP contribution < -0.4 is 15.5 Å². The van der Waals surface area contributed by atoms with Gasteiger partial charge in [-0.2, -0.15) is 0 Å². The van der Waals surface area contributed by atoms with E-state index in [1.807, 2.05) is 4.90 Å². The standard InChI is InChI=1S/C16H20N6O3/c23-14(19-11-13-3-1-10-25-13)12-20-16(24)22-8-6-21(7-9-22)15-17-4-2-5-18-15/h1-5,10H,6-9,11-12H2,(H,19,23)(H,20,24). The maximum absolute atomic E-state index is 12.1. The Labute approximate surface area is 145 Å². The van der Waals surface area contributed by atoms with Crippen LogP contribution in [0.2, 0.25) is 0 Å². The van der Waals surface area contributed by atoms with Gasteiger partial charge in [0, 0.05) is 38.6 Å². The van der Waals surface area contributed by atoms with E-state index in [0.717, 1.165) is 0 Å². The minimum absolute atomic E-state index is 0.0679. The third-order valence-electron chi connectivity index (χ3n) is 3.84. The maximum Gasteiger partial charge on any atom is 0.317 e. The molecule has 1 saturated heterocycles. The molecule has 25 heavy (non-hydrogen) atoms. The molecule has 2 N–H and O–H groups in total. The van der Waals surface area contributed by atoms with E-state index in [0.29, 0.717) is 44.4 Å². The molecule has 0 unspecified atom stereocenters. The third-order valence-corrected chi connectivity index (χ3v) is 3.84. The molecular formula is C16H20N6O3. The van der Waals surface area contributed by atoms with Crippen LogP contribution in [0.4, 0.5) is 10.7 Å². The molecule has 3 amide bonds. The Morgan fingerprint density at radius 3 is 2.52 bits per heavy atom. The van der Waals surface area contributed by atoms with Gasteiger partial charge in [-0.25, -0.2) is 14.8 Å². The molecule has 132 valence electrons. The molecule has 3 heterocycles. The predicted molar refractivity (Wildman–Crippen MR) is 89.8 cm³/mol. The highest BCUT2D eigenvalue weighted by Crippen LogP contribution is 2.09. The second-order valence-electron chi connectivity index (χ2n) is 5.54. The van der Waals surface area contributed by atoms with Crippen LogP contribution in [0.5, 0.6) is 0 Å². The van der Waals surface area contributed by atoms with E-state index in [1.165, 1.54) is 0 Å². The van der Waals surface area contributed by atoms with Gasteiger partial charge >= 0.3 is 6.03 Å². The van der Waals surface area contributed by atoms with Crippen molar-refractivity contribution < 1.29 is 14.0 Å². The summed E-state index contributed by atoms with van der Waals surface area (Å²) in [5.41, 5.74) is 0. The number of amides is 3. The van der Waals surface area contributed by atoms with Crippen LogP contribution in [-0.2, 0) is 11.3 Å². The van der Waals surface area contributed by atoms with Crippen molar-refractivity contribution in [2.75, 3.05) is 37.6 Å². The van der Waals surface area contributed by atoms with E-state index in [4.69, 9.17) is 4.42 Å². The summed E-state index contributed by atoms with van der Waals surface area (Å²) in [6.45, 7) is 2.65. The summed E-state index contributed by atoms with van der Waals surface area (Å²) < 4.78 is 5.13. The number of urea groups is 1. The van der Waals surface area contributed by atoms with Crippen molar-refractivity contribution >= 4 is 17.9 Å². The Bertz CT molecular complexity index is 683. The summed E-state index contributed by atoms with van der Waals surface area (Å²) in [6.07, 6.45) is 4.94.